The van der Waals surface area contributed by atoms with Gasteiger partial charge in [0, 0.05) is 6.54 Å². The van der Waals surface area contributed by atoms with Gasteiger partial charge in [0.05, 0.1) is 6.04 Å². The van der Waals surface area contributed by atoms with Crippen LogP contribution in [0, 0.1) is 0 Å². The summed E-state index contributed by atoms with van der Waals surface area (Å²) in [6.45, 7) is 3.48. The third kappa shape index (κ3) is 3.15. The Morgan fingerprint density at radius 3 is 2.59 bits per heavy atom. The molecular weight excluding hydrogens is 228 g/mol. The fraction of sp³-hybridized carbons (Fsp3) is 0.417. The van der Waals surface area contributed by atoms with Gasteiger partial charge in [0.25, 0.3) is 5.91 Å². The zero-order valence-corrected chi connectivity index (χ0v) is 9.73. The topological polar surface area (TPSA) is 40.5 Å². The van der Waals surface area contributed by atoms with Gasteiger partial charge in [-0.2, -0.15) is 8.78 Å². The van der Waals surface area contributed by atoms with Crippen LogP contribution in [-0.2, 0) is 4.79 Å². The van der Waals surface area contributed by atoms with Crippen LogP contribution >= 0.6 is 0 Å². The minimum Gasteiger partial charge on any atom is -0.508 e. The molecule has 0 bridgehead atoms. The molecule has 1 N–H and O–H groups in total. The monoisotopic (exact) mass is 243 g/mol. The lowest BCUT2D eigenvalue weighted by Gasteiger charge is -2.28. The van der Waals surface area contributed by atoms with Crippen LogP contribution in [0.25, 0.3) is 0 Å². The molecule has 0 saturated carbocycles. The molecule has 0 heterocycles. The Labute approximate surface area is 98.7 Å². The van der Waals surface area contributed by atoms with Crippen LogP contribution in [0.3, 0.4) is 0 Å². The van der Waals surface area contributed by atoms with E-state index in [0.29, 0.717) is 5.56 Å². The zero-order valence-electron chi connectivity index (χ0n) is 9.73. The molecule has 5 heteroatoms. The quantitative estimate of drug-likeness (QED) is 0.882. The fourth-order valence-electron chi connectivity index (χ4n) is 1.71. The molecule has 1 unspecified atom stereocenters. The second kappa shape index (κ2) is 5.61. The summed E-state index contributed by atoms with van der Waals surface area (Å²) in [4.78, 5) is 12.4. The number of alkyl halides is 2. The molecule has 0 radical (unpaired) electrons. The van der Waals surface area contributed by atoms with Gasteiger partial charge in [0.15, 0.2) is 0 Å². The predicted molar refractivity (Wildman–Crippen MR) is 59.9 cm³/mol. The van der Waals surface area contributed by atoms with Crippen molar-refractivity contribution in [2.75, 3.05) is 6.54 Å². The van der Waals surface area contributed by atoms with Crippen molar-refractivity contribution in [3.63, 3.8) is 0 Å². The number of rotatable bonds is 4. The van der Waals surface area contributed by atoms with E-state index in [9.17, 15) is 18.7 Å². The summed E-state index contributed by atoms with van der Waals surface area (Å²) in [5.41, 5.74) is 0.626. The van der Waals surface area contributed by atoms with Gasteiger partial charge in [-0.15, -0.1) is 0 Å². The van der Waals surface area contributed by atoms with Gasteiger partial charge >= 0.3 is 6.43 Å². The highest BCUT2D eigenvalue weighted by Gasteiger charge is 2.26. The molecular formula is C12H15F2NO2. The molecule has 0 aliphatic carbocycles. The standard InChI is InChI=1S/C12H15F2NO2/c1-3-15(12(17)11(13)14)8(2)9-5-4-6-10(16)7-9/h4-8,11,16H,3H2,1-2H3. The molecule has 0 aliphatic heterocycles. The molecule has 3 nitrogen and oxygen atoms in total. The van der Waals surface area contributed by atoms with E-state index in [4.69, 9.17) is 0 Å². The summed E-state index contributed by atoms with van der Waals surface area (Å²) in [5.74, 6) is -1.14. The number of hydrogen-bond donors (Lipinski definition) is 1. The second-order valence-electron chi connectivity index (χ2n) is 3.70. The Kier molecular flexibility index (Phi) is 4.43. The minimum atomic E-state index is -3.00. The molecule has 94 valence electrons. The highest BCUT2D eigenvalue weighted by molar-refractivity contribution is 5.79. The Bertz CT molecular complexity index is 396. The van der Waals surface area contributed by atoms with E-state index < -0.39 is 18.4 Å². The summed E-state index contributed by atoms with van der Waals surface area (Å²) < 4.78 is 24.8. The molecule has 17 heavy (non-hydrogen) atoms. The summed E-state index contributed by atoms with van der Waals surface area (Å²) in [6.07, 6.45) is -3.00. The number of amides is 1. The van der Waals surface area contributed by atoms with Crippen LogP contribution in [0.5, 0.6) is 5.75 Å². The third-order valence-corrected chi connectivity index (χ3v) is 2.63. The SMILES string of the molecule is CCN(C(=O)C(F)F)C(C)c1cccc(O)c1. The molecule has 1 rings (SSSR count). The van der Waals surface area contributed by atoms with Crippen molar-refractivity contribution in [3.8, 4) is 5.75 Å². The van der Waals surface area contributed by atoms with Crippen LogP contribution in [0.2, 0.25) is 0 Å². The van der Waals surface area contributed by atoms with Crippen molar-refractivity contribution in [2.24, 2.45) is 0 Å². The number of phenolic OH excluding ortho intramolecular Hbond substituents is 1. The van der Waals surface area contributed by atoms with Gasteiger partial charge in [-0.1, -0.05) is 12.1 Å². The van der Waals surface area contributed by atoms with E-state index in [0.717, 1.165) is 4.90 Å². The predicted octanol–water partition coefficient (Wildman–Crippen LogP) is 2.57. The number of carbonyl (C=O) groups is 1. The summed E-state index contributed by atoms with van der Waals surface area (Å²) in [6, 6.07) is 5.76. The highest BCUT2D eigenvalue weighted by atomic mass is 19.3. The first kappa shape index (κ1) is 13.4. The number of carbonyl (C=O) groups excluding carboxylic acids is 1. The van der Waals surface area contributed by atoms with Crippen molar-refractivity contribution in [1.29, 1.82) is 0 Å². The second-order valence-corrected chi connectivity index (χ2v) is 3.70. The summed E-state index contributed by atoms with van der Waals surface area (Å²) in [7, 11) is 0. The Balaban J connectivity index is 2.93. The number of phenols is 1. The van der Waals surface area contributed by atoms with E-state index in [1.54, 1.807) is 26.0 Å². The first-order valence-electron chi connectivity index (χ1n) is 5.35. The molecule has 0 aliphatic rings. The maximum atomic E-state index is 12.4. The molecule has 1 amide bonds. The van der Waals surface area contributed by atoms with E-state index in [1.165, 1.54) is 12.1 Å². The normalized spacial score (nSPS) is 12.5. The van der Waals surface area contributed by atoms with Gasteiger partial charge in [0.1, 0.15) is 5.75 Å². The number of benzene rings is 1. The van der Waals surface area contributed by atoms with Crippen LogP contribution in [0.4, 0.5) is 8.78 Å². The Morgan fingerprint density at radius 1 is 1.47 bits per heavy atom. The number of aromatic hydroxyl groups is 1. The highest BCUT2D eigenvalue weighted by Crippen LogP contribution is 2.24. The lowest BCUT2D eigenvalue weighted by Crippen LogP contribution is -2.37. The molecule has 0 spiro atoms. The first-order chi connectivity index (χ1) is 7.97. The molecule has 0 aromatic heterocycles. The van der Waals surface area contributed by atoms with Crippen LogP contribution in [-0.4, -0.2) is 28.9 Å². The molecule has 1 atom stereocenters. The molecule has 1 aromatic carbocycles. The number of nitrogens with zero attached hydrogens (tertiary/aromatic N) is 1. The minimum absolute atomic E-state index is 0.0508. The summed E-state index contributed by atoms with van der Waals surface area (Å²) in [5, 5.41) is 9.31. The van der Waals surface area contributed by atoms with E-state index >= 15 is 0 Å². The smallest absolute Gasteiger partial charge is 0.315 e. The number of hydrogen-bond acceptors (Lipinski definition) is 2. The summed E-state index contributed by atoms with van der Waals surface area (Å²) >= 11 is 0. The van der Waals surface area contributed by atoms with Crippen molar-refractivity contribution < 1.29 is 18.7 Å². The average Bonchev–Trinajstić information content (AvgIpc) is 2.29. The van der Waals surface area contributed by atoms with Gasteiger partial charge in [-0.25, -0.2) is 0 Å². The van der Waals surface area contributed by atoms with Crippen molar-refractivity contribution in [2.45, 2.75) is 26.3 Å². The van der Waals surface area contributed by atoms with Crippen molar-refractivity contribution >= 4 is 5.91 Å². The van der Waals surface area contributed by atoms with Crippen LogP contribution in [0.15, 0.2) is 24.3 Å². The largest absolute Gasteiger partial charge is 0.508 e. The van der Waals surface area contributed by atoms with Gasteiger partial charge in [-0.3, -0.25) is 4.79 Å². The maximum Gasteiger partial charge on any atom is 0.315 e. The van der Waals surface area contributed by atoms with Crippen molar-refractivity contribution in [3.05, 3.63) is 29.8 Å². The van der Waals surface area contributed by atoms with Crippen LogP contribution in [0.1, 0.15) is 25.5 Å². The molecule has 0 saturated heterocycles. The van der Waals surface area contributed by atoms with Gasteiger partial charge in [-0.05, 0) is 31.5 Å². The van der Waals surface area contributed by atoms with Gasteiger partial charge in [0.2, 0.25) is 0 Å². The molecule has 0 fully saturated rings. The van der Waals surface area contributed by atoms with Crippen molar-refractivity contribution in [1.82, 2.24) is 4.90 Å². The van der Waals surface area contributed by atoms with Gasteiger partial charge < -0.3 is 10.0 Å². The Hall–Kier alpha value is -1.65. The zero-order chi connectivity index (χ0) is 13.0. The number of halogens is 2. The Morgan fingerprint density at radius 2 is 2.12 bits per heavy atom. The van der Waals surface area contributed by atoms with E-state index in [-0.39, 0.29) is 12.3 Å². The molecule has 1 aromatic rings. The maximum absolute atomic E-state index is 12.4. The average molecular weight is 243 g/mol. The van der Waals surface area contributed by atoms with E-state index in [2.05, 4.69) is 0 Å². The lowest BCUT2D eigenvalue weighted by atomic mass is 10.1. The first-order valence-corrected chi connectivity index (χ1v) is 5.35. The van der Waals surface area contributed by atoms with Crippen LogP contribution < -0.4 is 0 Å². The lowest BCUT2D eigenvalue weighted by molar-refractivity contribution is -0.144. The third-order valence-electron chi connectivity index (χ3n) is 2.63. The fourth-order valence-corrected chi connectivity index (χ4v) is 1.71. The van der Waals surface area contributed by atoms with E-state index in [1.807, 2.05) is 0 Å².